The smallest absolute Gasteiger partial charge is 0.124 e. The average molecular weight is 310 g/mol. The molecule has 2 rings (SSSR count). The topological polar surface area (TPSA) is 12.5 Å². The van der Waals surface area contributed by atoms with Gasteiger partial charge in [0, 0.05) is 11.6 Å². The zero-order valence-electron chi connectivity index (χ0n) is 13.6. The van der Waals surface area contributed by atoms with Gasteiger partial charge in [0.2, 0.25) is 0 Å². The standard InChI is InChI=1S/C18H28ClNO/c1-4-16(13-20(2)3)21-18-12-15(19)10-11-17(18)14-8-6-5-7-9-14/h10-12,14,16H,4-9,13H2,1-3H3/t16-/m0/s1. The van der Waals surface area contributed by atoms with E-state index in [1.165, 1.54) is 37.7 Å². The normalized spacial score (nSPS) is 18.0. The van der Waals surface area contributed by atoms with Crippen LogP contribution >= 0.6 is 11.6 Å². The van der Waals surface area contributed by atoms with Gasteiger partial charge in [-0.05, 0) is 57.0 Å². The van der Waals surface area contributed by atoms with Gasteiger partial charge in [-0.15, -0.1) is 0 Å². The highest BCUT2D eigenvalue weighted by Gasteiger charge is 2.21. The molecule has 1 saturated carbocycles. The Kier molecular flexibility index (Phi) is 6.38. The highest BCUT2D eigenvalue weighted by molar-refractivity contribution is 6.30. The third-order valence-corrected chi connectivity index (χ3v) is 4.57. The summed E-state index contributed by atoms with van der Waals surface area (Å²) in [5.41, 5.74) is 1.36. The van der Waals surface area contributed by atoms with E-state index < -0.39 is 0 Å². The maximum absolute atomic E-state index is 6.31. The van der Waals surface area contributed by atoms with Gasteiger partial charge in [-0.1, -0.05) is 43.9 Å². The van der Waals surface area contributed by atoms with Gasteiger partial charge in [-0.2, -0.15) is 0 Å². The van der Waals surface area contributed by atoms with E-state index in [1.807, 2.05) is 12.1 Å². The lowest BCUT2D eigenvalue weighted by Crippen LogP contribution is -2.30. The highest BCUT2D eigenvalue weighted by atomic mass is 35.5. The van der Waals surface area contributed by atoms with E-state index in [-0.39, 0.29) is 6.10 Å². The fraction of sp³-hybridized carbons (Fsp3) is 0.667. The summed E-state index contributed by atoms with van der Waals surface area (Å²) >= 11 is 6.20. The molecule has 1 atom stereocenters. The summed E-state index contributed by atoms with van der Waals surface area (Å²) in [6.45, 7) is 3.12. The molecule has 0 aliphatic heterocycles. The summed E-state index contributed by atoms with van der Waals surface area (Å²) in [7, 11) is 4.18. The zero-order chi connectivity index (χ0) is 15.2. The van der Waals surface area contributed by atoms with E-state index in [2.05, 4.69) is 32.0 Å². The molecule has 0 unspecified atom stereocenters. The minimum absolute atomic E-state index is 0.223. The average Bonchev–Trinajstić information content (AvgIpc) is 2.47. The van der Waals surface area contributed by atoms with Crippen LogP contribution < -0.4 is 4.74 Å². The minimum Gasteiger partial charge on any atom is -0.489 e. The van der Waals surface area contributed by atoms with Crippen LogP contribution in [-0.2, 0) is 0 Å². The molecule has 1 aromatic carbocycles. The van der Waals surface area contributed by atoms with Gasteiger partial charge < -0.3 is 9.64 Å². The second-order valence-electron chi connectivity index (χ2n) is 6.43. The molecule has 2 nitrogen and oxygen atoms in total. The van der Waals surface area contributed by atoms with Crippen LogP contribution in [0.1, 0.15) is 56.9 Å². The maximum Gasteiger partial charge on any atom is 0.124 e. The van der Waals surface area contributed by atoms with Crippen molar-refractivity contribution in [2.24, 2.45) is 0 Å². The zero-order valence-corrected chi connectivity index (χ0v) is 14.3. The van der Waals surface area contributed by atoms with E-state index in [1.54, 1.807) is 0 Å². The highest BCUT2D eigenvalue weighted by Crippen LogP contribution is 2.39. The van der Waals surface area contributed by atoms with Gasteiger partial charge in [0.25, 0.3) is 0 Å². The van der Waals surface area contributed by atoms with Gasteiger partial charge in [-0.25, -0.2) is 0 Å². The molecule has 1 aliphatic carbocycles. The molecule has 0 saturated heterocycles. The number of halogens is 1. The number of likely N-dealkylation sites (N-methyl/N-ethyl adjacent to an activating group) is 1. The third kappa shape index (κ3) is 4.89. The SMILES string of the molecule is CC[C@@H](CN(C)C)Oc1cc(Cl)ccc1C1CCCCC1. The number of rotatable bonds is 6. The molecule has 21 heavy (non-hydrogen) atoms. The Morgan fingerprint density at radius 1 is 1.24 bits per heavy atom. The summed E-state index contributed by atoms with van der Waals surface area (Å²) in [5.74, 6) is 1.64. The first kappa shape index (κ1) is 16.6. The van der Waals surface area contributed by atoms with Crippen LogP contribution in [0, 0.1) is 0 Å². The third-order valence-electron chi connectivity index (χ3n) is 4.34. The Labute approximate surface area is 134 Å². The number of hydrogen-bond donors (Lipinski definition) is 0. The molecule has 1 aliphatic rings. The second kappa shape index (κ2) is 8.05. The first-order chi connectivity index (χ1) is 10.1. The van der Waals surface area contributed by atoms with Gasteiger partial charge in [0.1, 0.15) is 11.9 Å². The van der Waals surface area contributed by atoms with Crippen molar-refractivity contribution in [1.82, 2.24) is 4.90 Å². The second-order valence-corrected chi connectivity index (χ2v) is 6.86. The molecule has 0 aromatic heterocycles. The van der Waals surface area contributed by atoms with Crippen LogP contribution in [0.2, 0.25) is 5.02 Å². The van der Waals surface area contributed by atoms with E-state index in [0.717, 1.165) is 23.7 Å². The van der Waals surface area contributed by atoms with Crippen molar-refractivity contribution in [3.63, 3.8) is 0 Å². The molecular weight excluding hydrogens is 282 g/mol. The molecule has 0 heterocycles. The number of hydrogen-bond acceptors (Lipinski definition) is 2. The van der Waals surface area contributed by atoms with Crippen molar-refractivity contribution in [1.29, 1.82) is 0 Å². The monoisotopic (exact) mass is 309 g/mol. The van der Waals surface area contributed by atoms with Gasteiger partial charge in [0.15, 0.2) is 0 Å². The molecule has 0 bridgehead atoms. The van der Waals surface area contributed by atoms with Crippen molar-refractivity contribution in [2.45, 2.75) is 57.5 Å². The van der Waals surface area contributed by atoms with Gasteiger partial charge >= 0.3 is 0 Å². The van der Waals surface area contributed by atoms with E-state index >= 15 is 0 Å². The molecule has 1 fully saturated rings. The van der Waals surface area contributed by atoms with E-state index in [4.69, 9.17) is 16.3 Å². The lowest BCUT2D eigenvalue weighted by atomic mass is 9.83. The first-order valence-corrected chi connectivity index (χ1v) is 8.58. The molecule has 1 aromatic rings. The van der Waals surface area contributed by atoms with Crippen LogP contribution in [0.15, 0.2) is 18.2 Å². The Morgan fingerprint density at radius 2 is 1.95 bits per heavy atom. The summed E-state index contributed by atoms with van der Waals surface area (Å²) in [4.78, 5) is 2.18. The molecule has 0 amide bonds. The molecule has 0 radical (unpaired) electrons. The first-order valence-electron chi connectivity index (χ1n) is 8.21. The maximum atomic E-state index is 6.31. The van der Waals surface area contributed by atoms with Crippen LogP contribution in [0.3, 0.4) is 0 Å². The summed E-state index contributed by atoms with van der Waals surface area (Å²) < 4.78 is 6.31. The van der Waals surface area contributed by atoms with E-state index in [9.17, 15) is 0 Å². The number of nitrogens with zero attached hydrogens (tertiary/aromatic N) is 1. The van der Waals surface area contributed by atoms with Crippen molar-refractivity contribution in [2.75, 3.05) is 20.6 Å². The Bertz CT molecular complexity index is 441. The van der Waals surface area contributed by atoms with Crippen LogP contribution in [0.4, 0.5) is 0 Å². The van der Waals surface area contributed by atoms with Crippen molar-refractivity contribution in [3.05, 3.63) is 28.8 Å². The summed E-state index contributed by atoms with van der Waals surface area (Å²) in [5, 5.41) is 0.768. The van der Waals surface area contributed by atoms with Crippen molar-refractivity contribution >= 4 is 11.6 Å². The van der Waals surface area contributed by atoms with Crippen LogP contribution in [0.5, 0.6) is 5.75 Å². The fourth-order valence-electron chi connectivity index (χ4n) is 3.20. The van der Waals surface area contributed by atoms with Gasteiger partial charge in [0.05, 0.1) is 0 Å². The van der Waals surface area contributed by atoms with Crippen LogP contribution in [0.25, 0.3) is 0 Å². The predicted molar refractivity (Wildman–Crippen MR) is 90.5 cm³/mol. The van der Waals surface area contributed by atoms with Crippen molar-refractivity contribution < 1.29 is 4.74 Å². The van der Waals surface area contributed by atoms with Crippen molar-refractivity contribution in [3.8, 4) is 5.75 Å². The van der Waals surface area contributed by atoms with Gasteiger partial charge in [-0.3, -0.25) is 0 Å². The molecule has 0 N–H and O–H groups in total. The predicted octanol–water partition coefficient (Wildman–Crippen LogP) is 5.11. The number of ether oxygens (including phenoxy) is 1. The Hall–Kier alpha value is -0.730. The lowest BCUT2D eigenvalue weighted by Gasteiger charge is -2.27. The molecule has 3 heteroatoms. The molecule has 0 spiro atoms. The Morgan fingerprint density at radius 3 is 2.57 bits per heavy atom. The lowest BCUT2D eigenvalue weighted by molar-refractivity contribution is 0.154. The quantitative estimate of drug-likeness (QED) is 0.724. The fourth-order valence-corrected chi connectivity index (χ4v) is 3.36. The largest absolute Gasteiger partial charge is 0.489 e. The molecular formula is C18H28ClNO. The minimum atomic E-state index is 0.223. The summed E-state index contributed by atoms with van der Waals surface area (Å²) in [6, 6.07) is 6.19. The summed E-state index contributed by atoms with van der Waals surface area (Å²) in [6.07, 6.45) is 7.84. The van der Waals surface area contributed by atoms with Crippen LogP contribution in [-0.4, -0.2) is 31.6 Å². The Balaban J connectivity index is 2.17. The molecule has 118 valence electrons. The van der Waals surface area contributed by atoms with E-state index in [0.29, 0.717) is 5.92 Å². The number of benzene rings is 1.